The number of carbonyl (C=O) groups excluding carboxylic acids is 2. The van der Waals surface area contributed by atoms with E-state index in [1.54, 1.807) is 22.3 Å². The average molecular weight is 451 g/mol. The number of hydrogen-bond donors (Lipinski definition) is 2. The molecule has 1 aliphatic heterocycles. The first kappa shape index (κ1) is 21.4. The number of aromatic nitrogens is 5. The van der Waals surface area contributed by atoms with E-state index in [0.717, 1.165) is 62.9 Å². The summed E-state index contributed by atoms with van der Waals surface area (Å²) in [6.45, 7) is 3.37. The molecule has 2 fully saturated rings. The lowest BCUT2D eigenvalue weighted by Gasteiger charge is -2.46. The van der Waals surface area contributed by atoms with Crippen molar-refractivity contribution in [2.75, 3.05) is 18.4 Å². The van der Waals surface area contributed by atoms with Gasteiger partial charge in [-0.15, -0.1) is 0 Å². The van der Waals surface area contributed by atoms with Crippen LogP contribution in [0.3, 0.4) is 0 Å². The minimum Gasteiger partial charge on any atom is -0.379 e. The van der Waals surface area contributed by atoms with Gasteiger partial charge in [0.15, 0.2) is 5.65 Å². The van der Waals surface area contributed by atoms with Crippen LogP contribution >= 0.6 is 0 Å². The molecule has 0 atom stereocenters. The zero-order valence-corrected chi connectivity index (χ0v) is 19.1. The van der Waals surface area contributed by atoms with Crippen LogP contribution in [-0.4, -0.2) is 60.2 Å². The lowest BCUT2D eigenvalue weighted by molar-refractivity contribution is -0.131. The highest BCUT2D eigenvalue weighted by Crippen LogP contribution is 2.45. The van der Waals surface area contributed by atoms with Crippen LogP contribution in [0.1, 0.15) is 55.8 Å². The van der Waals surface area contributed by atoms with Gasteiger partial charge in [-0.25, -0.2) is 9.50 Å². The van der Waals surface area contributed by atoms with Crippen LogP contribution in [0.2, 0.25) is 0 Å². The molecule has 3 N–H and O–H groups in total. The molecule has 1 saturated carbocycles. The third-order valence-corrected chi connectivity index (χ3v) is 7.42. The summed E-state index contributed by atoms with van der Waals surface area (Å²) in [5.41, 5.74) is 9.19. The topological polar surface area (TPSA) is 123 Å². The van der Waals surface area contributed by atoms with Gasteiger partial charge < -0.3 is 16.0 Å². The molecule has 10 nitrogen and oxygen atoms in total. The minimum atomic E-state index is -0.526. The van der Waals surface area contributed by atoms with Crippen molar-refractivity contribution in [3.63, 3.8) is 0 Å². The Hall–Kier alpha value is -3.43. The second-order valence-corrected chi connectivity index (χ2v) is 9.52. The molecule has 33 heavy (non-hydrogen) atoms. The lowest BCUT2D eigenvalue weighted by Crippen LogP contribution is -2.45. The van der Waals surface area contributed by atoms with E-state index >= 15 is 0 Å². The number of likely N-dealkylation sites (tertiary alicyclic amines) is 1. The van der Waals surface area contributed by atoms with Crippen molar-refractivity contribution >= 4 is 23.1 Å². The number of hydrogen-bond acceptors (Lipinski definition) is 6. The Labute approximate surface area is 192 Å². The first-order valence-electron chi connectivity index (χ1n) is 11.5. The molecule has 174 valence electrons. The number of carbonyl (C=O) groups is 2. The number of nitrogens with two attached hydrogens (primary N) is 1. The predicted molar refractivity (Wildman–Crippen MR) is 124 cm³/mol. The summed E-state index contributed by atoms with van der Waals surface area (Å²) in [6.07, 6.45) is 13.4. The van der Waals surface area contributed by atoms with Gasteiger partial charge >= 0.3 is 0 Å². The van der Waals surface area contributed by atoms with E-state index in [9.17, 15) is 9.59 Å². The molecule has 3 aromatic heterocycles. The molecule has 0 aromatic carbocycles. The Bertz CT molecular complexity index is 1190. The van der Waals surface area contributed by atoms with Gasteiger partial charge in [-0.05, 0) is 43.9 Å². The minimum absolute atomic E-state index is 0.172. The van der Waals surface area contributed by atoms with E-state index < -0.39 is 5.91 Å². The van der Waals surface area contributed by atoms with Gasteiger partial charge in [0, 0.05) is 44.9 Å². The molecule has 2 amide bonds. The highest BCUT2D eigenvalue weighted by Gasteiger charge is 2.38. The number of fused-ring (bicyclic) bond motifs is 1. The number of primary amides is 1. The maximum Gasteiger partial charge on any atom is 0.252 e. The molecule has 0 bridgehead atoms. The van der Waals surface area contributed by atoms with E-state index in [0.29, 0.717) is 22.3 Å². The first-order valence-corrected chi connectivity index (χ1v) is 11.5. The molecule has 4 heterocycles. The van der Waals surface area contributed by atoms with Crippen molar-refractivity contribution in [3.8, 4) is 11.3 Å². The van der Waals surface area contributed by atoms with E-state index in [1.165, 1.54) is 6.20 Å². The summed E-state index contributed by atoms with van der Waals surface area (Å²) < 4.78 is 3.40. The monoisotopic (exact) mass is 450 g/mol. The van der Waals surface area contributed by atoms with E-state index in [-0.39, 0.29) is 11.9 Å². The van der Waals surface area contributed by atoms with Crippen molar-refractivity contribution < 1.29 is 9.59 Å². The Morgan fingerprint density at radius 2 is 1.82 bits per heavy atom. The third-order valence-electron chi connectivity index (χ3n) is 7.42. The van der Waals surface area contributed by atoms with E-state index in [2.05, 4.69) is 15.5 Å². The van der Waals surface area contributed by atoms with Gasteiger partial charge in [-0.1, -0.05) is 0 Å². The summed E-state index contributed by atoms with van der Waals surface area (Å²) >= 11 is 0. The Morgan fingerprint density at radius 1 is 1.09 bits per heavy atom. The highest BCUT2D eigenvalue weighted by molar-refractivity contribution is 6.01. The average Bonchev–Trinajstić information content (AvgIpc) is 3.42. The van der Waals surface area contributed by atoms with Gasteiger partial charge in [-0.2, -0.15) is 10.2 Å². The van der Waals surface area contributed by atoms with Gasteiger partial charge in [0.1, 0.15) is 0 Å². The predicted octanol–water partition coefficient (Wildman–Crippen LogP) is 2.21. The summed E-state index contributed by atoms with van der Waals surface area (Å²) in [4.78, 5) is 30.6. The maximum atomic E-state index is 12.2. The number of nitrogens with one attached hydrogen (secondary N) is 1. The SMILES string of the molecule is CC(=O)N1CCC2(CCC(Nc3c(C(N)=O)cnn4cc(-c5cnn(C)c5)nc34)CC2)CC1. The number of anilines is 1. The van der Waals surface area contributed by atoms with Crippen molar-refractivity contribution in [2.45, 2.75) is 51.5 Å². The summed E-state index contributed by atoms with van der Waals surface area (Å²) in [6, 6.07) is 0.226. The fourth-order valence-electron chi connectivity index (χ4n) is 5.33. The quantitative estimate of drug-likeness (QED) is 0.628. The smallest absolute Gasteiger partial charge is 0.252 e. The van der Waals surface area contributed by atoms with Crippen LogP contribution in [-0.2, 0) is 11.8 Å². The van der Waals surface area contributed by atoms with Crippen molar-refractivity contribution in [2.24, 2.45) is 18.2 Å². The zero-order chi connectivity index (χ0) is 23.2. The van der Waals surface area contributed by atoms with Crippen LogP contribution in [0.4, 0.5) is 5.69 Å². The Balaban J connectivity index is 1.36. The second kappa shape index (κ2) is 8.17. The number of nitrogens with zero attached hydrogens (tertiary/aromatic N) is 6. The number of imidazole rings is 1. The molecule has 0 radical (unpaired) electrons. The van der Waals surface area contributed by atoms with Crippen molar-refractivity contribution in [3.05, 3.63) is 30.4 Å². The van der Waals surface area contributed by atoms with E-state index in [1.807, 2.05) is 24.3 Å². The highest BCUT2D eigenvalue weighted by atomic mass is 16.2. The molecule has 3 aromatic rings. The summed E-state index contributed by atoms with van der Waals surface area (Å²) in [5.74, 6) is -0.353. The van der Waals surface area contributed by atoms with Crippen LogP contribution in [0.5, 0.6) is 0 Å². The molecule has 1 spiro atoms. The third kappa shape index (κ3) is 4.05. The summed E-state index contributed by atoms with van der Waals surface area (Å²) in [7, 11) is 1.86. The molecular formula is C23H30N8O2. The maximum absolute atomic E-state index is 12.2. The van der Waals surface area contributed by atoms with Crippen LogP contribution in [0.25, 0.3) is 16.9 Å². The number of piperidine rings is 1. The molecule has 1 aliphatic carbocycles. The standard InChI is InChI=1S/C23H30N8O2/c1-15(32)30-9-7-23(8-10-30)5-3-17(4-6-23)27-20-18(21(24)33)12-26-31-14-19(28-22(20)31)16-11-25-29(2)13-16/h11-14,17,27H,3-10H2,1-2H3,(H2,24,33). The molecule has 1 saturated heterocycles. The fraction of sp³-hybridized carbons (Fsp3) is 0.522. The van der Waals surface area contributed by atoms with Gasteiger partial charge in [-0.3, -0.25) is 14.3 Å². The van der Waals surface area contributed by atoms with Crippen LogP contribution < -0.4 is 11.1 Å². The zero-order valence-electron chi connectivity index (χ0n) is 19.1. The van der Waals surface area contributed by atoms with Gasteiger partial charge in [0.25, 0.3) is 5.91 Å². The van der Waals surface area contributed by atoms with Crippen molar-refractivity contribution in [1.29, 1.82) is 0 Å². The summed E-state index contributed by atoms with van der Waals surface area (Å²) in [5, 5.41) is 12.2. The molecule has 2 aliphatic rings. The van der Waals surface area contributed by atoms with Crippen LogP contribution in [0.15, 0.2) is 24.8 Å². The normalized spacial score (nSPS) is 18.7. The molecule has 0 unspecified atom stereocenters. The van der Waals surface area contributed by atoms with Crippen LogP contribution in [0, 0.1) is 5.41 Å². The number of amides is 2. The Kier molecular flexibility index (Phi) is 5.30. The fourth-order valence-corrected chi connectivity index (χ4v) is 5.33. The van der Waals surface area contributed by atoms with Gasteiger partial charge in [0.2, 0.25) is 5.91 Å². The molecular weight excluding hydrogens is 420 g/mol. The van der Waals surface area contributed by atoms with Crippen molar-refractivity contribution in [1.82, 2.24) is 29.3 Å². The number of aryl methyl sites for hydroxylation is 1. The first-order chi connectivity index (χ1) is 15.8. The number of rotatable bonds is 4. The van der Waals surface area contributed by atoms with Gasteiger partial charge in [0.05, 0.1) is 35.5 Å². The van der Waals surface area contributed by atoms with E-state index in [4.69, 9.17) is 10.7 Å². The molecule has 10 heteroatoms. The Morgan fingerprint density at radius 3 is 2.42 bits per heavy atom. The second-order valence-electron chi connectivity index (χ2n) is 9.52. The largest absolute Gasteiger partial charge is 0.379 e. The molecule has 5 rings (SSSR count). The lowest BCUT2D eigenvalue weighted by atomic mass is 9.67.